The normalized spacial score (nSPS) is 23.4. The highest BCUT2D eigenvalue weighted by Crippen LogP contribution is 2.38. The van der Waals surface area contributed by atoms with Crippen molar-refractivity contribution in [2.45, 2.75) is 44.1 Å². The summed E-state index contributed by atoms with van der Waals surface area (Å²) in [5, 5.41) is 22.9. The van der Waals surface area contributed by atoms with Gasteiger partial charge in [0.15, 0.2) is 0 Å². The maximum atomic E-state index is 12.3. The van der Waals surface area contributed by atoms with Crippen LogP contribution in [-0.2, 0) is 20.7 Å². The summed E-state index contributed by atoms with van der Waals surface area (Å²) < 4.78 is 11.1. The largest absolute Gasteiger partial charge is 0.495 e. The topological polar surface area (TPSA) is 105 Å². The van der Waals surface area contributed by atoms with Gasteiger partial charge in [-0.3, -0.25) is 4.79 Å². The second-order valence-corrected chi connectivity index (χ2v) is 8.47. The van der Waals surface area contributed by atoms with Crippen LogP contribution >= 0.6 is 11.6 Å². The Hall–Kier alpha value is -2.87. The SMILES string of the molecule is COc1ccc(CC(NC(=O)C=CCC2OC(c3ccccc3)C(O)C2C)C(=O)O)cc1Cl. The molecular weight excluding hydrogens is 446 g/mol. The van der Waals surface area contributed by atoms with Crippen molar-refractivity contribution in [3.05, 3.63) is 76.8 Å². The molecule has 33 heavy (non-hydrogen) atoms. The van der Waals surface area contributed by atoms with E-state index >= 15 is 0 Å². The van der Waals surface area contributed by atoms with Crippen molar-refractivity contribution in [1.82, 2.24) is 5.32 Å². The number of benzene rings is 2. The van der Waals surface area contributed by atoms with E-state index in [-0.39, 0.29) is 18.4 Å². The third kappa shape index (κ3) is 6.35. The monoisotopic (exact) mass is 473 g/mol. The van der Waals surface area contributed by atoms with Gasteiger partial charge in [0.2, 0.25) is 5.91 Å². The minimum atomic E-state index is -1.15. The second-order valence-electron chi connectivity index (χ2n) is 8.07. The van der Waals surface area contributed by atoms with Crippen molar-refractivity contribution in [3.63, 3.8) is 0 Å². The molecule has 0 aromatic heterocycles. The number of carboxylic acid groups (broad SMARTS) is 1. The van der Waals surface area contributed by atoms with E-state index in [0.717, 1.165) is 5.56 Å². The average Bonchev–Trinajstić information content (AvgIpc) is 3.08. The smallest absolute Gasteiger partial charge is 0.326 e. The number of aliphatic hydroxyl groups excluding tert-OH is 1. The van der Waals surface area contributed by atoms with Crippen molar-refractivity contribution >= 4 is 23.5 Å². The molecule has 1 amide bonds. The molecule has 0 bridgehead atoms. The standard InChI is InChI=1S/C25H28ClNO6/c1-15-20(33-24(23(15)29)17-7-4-3-5-8-17)9-6-10-22(28)27-19(25(30)31)14-16-11-12-21(32-2)18(26)13-16/h3-8,10-13,15,19-20,23-24,29H,9,14H2,1-2H3,(H,27,28)(H,30,31). The van der Waals surface area contributed by atoms with E-state index in [9.17, 15) is 19.8 Å². The fourth-order valence-corrected chi connectivity index (χ4v) is 4.16. The van der Waals surface area contributed by atoms with Gasteiger partial charge in [0.25, 0.3) is 0 Å². The number of halogens is 1. The Morgan fingerprint density at radius 2 is 1.97 bits per heavy atom. The number of aliphatic carboxylic acids is 1. The number of carbonyl (C=O) groups excluding carboxylic acids is 1. The van der Waals surface area contributed by atoms with Crippen molar-refractivity contribution in [3.8, 4) is 5.75 Å². The van der Waals surface area contributed by atoms with Gasteiger partial charge in [-0.25, -0.2) is 4.79 Å². The van der Waals surface area contributed by atoms with Crippen LogP contribution in [0.2, 0.25) is 5.02 Å². The van der Waals surface area contributed by atoms with Crippen LogP contribution in [0, 0.1) is 5.92 Å². The first-order valence-electron chi connectivity index (χ1n) is 10.7. The predicted octanol–water partition coefficient (Wildman–Crippen LogP) is 3.54. The number of aliphatic hydroxyl groups is 1. The summed E-state index contributed by atoms with van der Waals surface area (Å²) in [5.41, 5.74) is 1.57. The van der Waals surface area contributed by atoms with Crippen LogP contribution in [0.25, 0.3) is 0 Å². The van der Waals surface area contributed by atoms with E-state index in [2.05, 4.69) is 5.32 Å². The summed E-state index contributed by atoms with van der Waals surface area (Å²) in [4.78, 5) is 24.0. The fourth-order valence-electron chi connectivity index (χ4n) is 3.88. The molecule has 7 nitrogen and oxygen atoms in total. The third-order valence-corrected chi connectivity index (χ3v) is 6.09. The average molecular weight is 474 g/mol. The van der Waals surface area contributed by atoms with E-state index in [4.69, 9.17) is 21.1 Å². The van der Waals surface area contributed by atoms with Crippen LogP contribution in [0.3, 0.4) is 0 Å². The number of rotatable bonds is 9. The fraction of sp³-hybridized carbons (Fsp3) is 0.360. The van der Waals surface area contributed by atoms with Crippen molar-refractivity contribution in [1.29, 1.82) is 0 Å². The van der Waals surface area contributed by atoms with Gasteiger partial charge in [0, 0.05) is 12.3 Å². The molecule has 176 valence electrons. The molecule has 2 aromatic rings. The van der Waals surface area contributed by atoms with E-state index in [1.54, 1.807) is 24.3 Å². The summed E-state index contributed by atoms with van der Waals surface area (Å²) in [6.45, 7) is 1.91. The maximum Gasteiger partial charge on any atom is 0.326 e. The van der Waals surface area contributed by atoms with Crippen LogP contribution in [0.5, 0.6) is 5.75 Å². The molecule has 1 saturated heterocycles. The zero-order valence-electron chi connectivity index (χ0n) is 18.5. The molecule has 3 N–H and O–H groups in total. The van der Waals surface area contributed by atoms with E-state index in [0.29, 0.717) is 22.8 Å². The predicted molar refractivity (Wildman–Crippen MR) is 124 cm³/mol. The molecule has 3 rings (SSSR count). The van der Waals surface area contributed by atoms with Crippen LogP contribution in [0.1, 0.15) is 30.6 Å². The van der Waals surface area contributed by atoms with Gasteiger partial charge in [0.05, 0.1) is 24.3 Å². The van der Waals surface area contributed by atoms with E-state index in [1.807, 2.05) is 37.3 Å². The van der Waals surface area contributed by atoms with Crippen LogP contribution in [-0.4, -0.2) is 47.4 Å². The molecule has 0 saturated carbocycles. The number of carboxylic acids is 1. The summed E-state index contributed by atoms with van der Waals surface area (Å²) >= 11 is 6.10. The van der Waals surface area contributed by atoms with Crippen molar-refractivity contribution < 1.29 is 29.3 Å². The number of amides is 1. The third-order valence-electron chi connectivity index (χ3n) is 5.79. The molecule has 5 unspecified atom stereocenters. The highest BCUT2D eigenvalue weighted by Gasteiger charge is 2.40. The Kier molecular flexibility index (Phi) is 8.49. The lowest BCUT2D eigenvalue weighted by Gasteiger charge is -2.15. The molecule has 1 heterocycles. The first kappa shape index (κ1) is 24.8. The van der Waals surface area contributed by atoms with Gasteiger partial charge in [-0.1, -0.05) is 61.0 Å². The van der Waals surface area contributed by atoms with Crippen LogP contribution in [0.15, 0.2) is 60.7 Å². The Balaban J connectivity index is 1.55. The van der Waals surface area contributed by atoms with Gasteiger partial charge in [-0.05, 0) is 35.8 Å². The lowest BCUT2D eigenvalue weighted by molar-refractivity contribution is -0.141. The van der Waals surface area contributed by atoms with Crippen LogP contribution < -0.4 is 10.1 Å². The van der Waals surface area contributed by atoms with E-state index in [1.165, 1.54) is 13.2 Å². The Morgan fingerprint density at radius 3 is 2.61 bits per heavy atom. The summed E-state index contributed by atoms with van der Waals surface area (Å²) in [5.74, 6) is -1.30. The highest BCUT2D eigenvalue weighted by molar-refractivity contribution is 6.32. The first-order chi connectivity index (χ1) is 15.8. The van der Waals surface area contributed by atoms with Crippen molar-refractivity contribution in [2.24, 2.45) is 5.92 Å². The molecular formula is C25H28ClNO6. The molecule has 8 heteroatoms. The van der Waals surface area contributed by atoms with Gasteiger partial charge in [-0.2, -0.15) is 0 Å². The number of hydrogen-bond donors (Lipinski definition) is 3. The van der Waals surface area contributed by atoms with Gasteiger partial charge in [0.1, 0.15) is 17.9 Å². The molecule has 5 atom stereocenters. The first-order valence-corrected chi connectivity index (χ1v) is 11.1. The van der Waals surface area contributed by atoms with Gasteiger partial charge in [-0.15, -0.1) is 0 Å². The molecule has 1 aliphatic heterocycles. The molecule has 0 aliphatic carbocycles. The van der Waals surface area contributed by atoms with Crippen LogP contribution in [0.4, 0.5) is 0 Å². The van der Waals surface area contributed by atoms with Gasteiger partial charge >= 0.3 is 5.97 Å². The maximum absolute atomic E-state index is 12.3. The quantitative estimate of drug-likeness (QED) is 0.481. The Morgan fingerprint density at radius 1 is 1.24 bits per heavy atom. The highest BCUT2D eigenvalue weighted by atomic mass is 35.5. The number of carbonyl (C=O) groups is 2. The molecule has 1 aliphatic rings. The molecule has 0 spiro atoms. The molecule has 0 radical (unpaired) electrons. The Labute approximate surface area is 198 Å². The minimum Gasteiger partial charge on any atom is -0.495 e. The summed E-state index contributed by atoms with van der Waals surface area (Å²) in [7, 11) is 1.49. The number of ether oxygens (including phenoxy) is 2. The molecule has 1 fully saturated rings. The lowest BCUT2D eigenvalue weighted by Crippen LogP contribution is -2.41. The summed E-state index contributed by atoms with van der Waals surface area (Å²) in [6.07, 6.45) is 2.11. The minimum absolute atomic E-state index is 0.0757. The zero-order chi connectivity index (χ0) is 24.0. The zero-order valence-corrected chi connectivity index (χ0v) is 19.2. The molecule has 2 aromatic carbocycles. The lowest BCUT2D eigenvalue weighted by atomic mass is 9.94. The second kappa shape index (κ2) is 11.3. The number of hydrogen-bond acceptors (Lipinski definition) is 5. The summed E-state index contributed by atoms with van der Waals surface area (Å²) in [6, 6.07) is 13.4. The van der Waals surface area contributed by atoms with Crippen molar-refractivity contribution in [2.75, 3.05) is 7.11 Å². The number of nitrogens with one attached hydrogen (secondary N) is 1. The van der Waals surface area contributed by atoms with Gasteiger partial charge < -0.3 is 25.0 Å². The number of methoxy groups -OCH3 is 1. The Bertz CT molecular complexity index is 996. The van der Waals surface area contributed by atoms with E-state index < -0.39 is 30.1 Å².